The second-order valence-electron chi connectivity index (χ2n) is 5.14. The molecule has 1 aromatic rings. The Bertz CT molecular complexity index is 596. The summed E-state index contributed by atoms with van der Waals surface area (Å²) in [6, 6.07) is 7.82. The first-order valence-corrected chi connectivity index (χ1v) is 8.27. The molecule has 5 nitrogen and oxygen atoms in total. The van der Waals surface area contributed by atoms with Crippen LogP contribution in [0.4, 0.5) is 0 Å². The Kier molecular flexibility index (Phi) is 6.62. The van der Waals surface area contributed by atoms with Crippen molar-refractivity contribution in [1.82, 2.24) is 4.72 Å². The van der Waals surface area contributed by atoms with Gasteiger partial charge in [0.15, 0.2) is 0 Å². The van der Waals surface area contributed by atoms with E-state index in [9.17, 15) is 8.42 Å². The van der Waals surface area contributed by atoms with E-state index in [1.165, 1.54) is 24.3 Å². The summed E-state index contributed by atoms with van der Waals surface area (Å²) in [4.78, 5) is 0.192. The SMILES string of the molecule is Cl.N#Cc1ccc(S(=O)(=O)NC2CCCCC2CN)cc1. The molecule has 3 N–H and O–H groups in total. The van der Waals surface area contributed by atoms with Crippen LogP contribution in [0.1, 0.15) is 31.2 Å². The molecule has 0 spiro atoms. The number of nitrogens with two attached hydrogens (primary N) is 1. The van der Waals surface area contributed by atoms with E-state index in [4.69, 9.17) is 11.0 Å². The molecule has 2 atom stereocenters. The molecular formula is C14H20ClN3O2S. The third kappa shape index (κ3) is 4.42. The summed E-state index contributed by atoms with van der Waals surface area (Å²) in [6.45, 7) is 0.501. The lowest BCUT2D eigenvalue weighted by molar-refractivity contribution is 0.296. The van der Waals surface area contributed by atoms with Gasteiger partial charge in [-0.1, -0.05) is 12.8 Å². The molecule has 0 saturated heterocycles. The van der Waals surface area contributed by atoms with E-state index in [-0.39, 0.29) is 29.3 Å². The van der Waals surface area contributed by atoms with Crippen LogP contribution >= 0.6 is 12.4 Å². The first kappa shape index (κ1) is 17.9. The number of nitrogens with one attached hydrogen (secondary N) is 1. The fourth-order valence-corrected chi connectivity index (χ4v) is 3.96. The highest BCUT2D eigenvalue weighted by molar-refractivity contribution is 7.89. The van der Waals surface area contributed by atoms with Crippen LogP contribution in [0.15, 0.2) is 29.2 Å². The average Bonchev–Trinajstić information content (AvgIpc) is 2.47. The van der Waals surface area contributed by atoms with Crippen molar-refractivity contribution in [2.75, 3.05) is 6.54 Å². The summed E-state index contributed by atoms with van der Waals surface area (Å²) in [6.07, 6.45) is 3.93. The minimum absolute atomic E-state index is 0. The van der Waals surface area contributed by atoms with Crippen LogP contribution in [0.5, 0.6) is 0 Å². The minimum Gasteiger partial charge on any atom is -0.330 e. The zero-order valence-corrected chi connectivity index (χ0v) is 13.3. The van der Waals surface area contributed by atoms with Gasteiger partial charge in [0.25, 0.3) is 0 Å². The molecule has 0 radical (unpaired) electrons. The van der Waals surface area contributed by atoms with Crippen LogP contribution in [0.25, 0.3) is 0 Å². The molecule has 0 bridgehead atoms. The maximum absolute atomic E-state index is 12.3. The Labute approximate surface area is 132 Å². The molecule has 1 aliphatic rings. The van der Waals surface area contributed by atoms with Crippen LogP contribution in [0.2, 0.25) is 0 Å². The van der Waals surface area contributed by atoms with Crippen molar-refractivity contribution in [2.24, 2.45) is 11.7 Å². The van der Waals surface area contributed by atoms with E-state index >= 15 is 0 Å². The van der Waals surface area contributed by atoms with E-state index in [0.717, 1.165) is 25.7 Å². The number of halogens is 1. The van der Waals surface area contributed by atoms with Gasteiger partial charge in [-0.15, -0.1) is 12.4 Å². The third-order valence-corrected chi connectivity index (χ3v) is 5.32. The number of hydrogen-bond donors (Lipinski definition) is 2. The van der Waals surface area contributed by atoms with Gasteiger partial charge in [0.05, 0.1) is 16.5 Å². The summed E-state index contributed by atoms with van der Waals surface area (Å²) in [5.74, 6) is 0.205. The highest BCUT2D eigenvalue weighted by Gasteiger charge is 2.28. The Morgan fingerprint density at radius 2 is 1.86 bits per heavy atom. The predicted octanol–water partition coefficient (Wildman–Crippen LogP) is 1.78. The maximum Gasteiger partial charge on any atom is 0.240 e. The third-order valence-electron chi connectivity index (χ3n) is 3.81. The Morgan fingerprint density at radius 3 is 2.43 bits per heavy atom. The van der Waals surface area contributed by atoms with Crippen LogP contribution in [0.3, 0.4) is 0 Å². The number of sulfonamides is 1. The molecule has 116 valence electrons. The van der Waals surface area contributed by atoms with Crippen molar-refractivity contribution in [2.45, 2.75) is 36.6 Å². The molecule has 7 heteroatoms. The Morgan fingerprint density at radius 1 is 1.24 bits per heavy atom. The van der Waals surface area contributed by atoms with Crippen LogP contribution in [-0.4, -0.2) is 21.0 Å². The predicted molar refractivity (Wildman–Crippen MR) is 83.5 cm³/mol. The molecule has 1 aliphatic carbocycles. The molecule has 0 heterocycles. The van der Waals surface area contributed by atoms with Gasteiger partial charge in [-0.2, -0.15) is 5.26 Å². The van der Waals surface area contributed by atoms with Gasteiger partial charge in [-0.25, -0.2) is 13.1 Å². The number of rotatable bonds is 4. The van der Waals surface area contributed by atoms with Crippen LogP contribution in [-0.2, 0) is 10.0 Å². The number of hydrogen-bond acceptors (Lipinski definition) is 4. The lowest BCUT2D eigenvalue weighted by atomic mass is 9.85. The van der Waals surface area contributed by atoms with Crippen molar-refractivity contribution < 1.29 is 8.42 Å². The summed E-state index contributed by atoms with van der Waals surface area (Å²) in [5.41, 5.74) is 6.16. The van der Waals surface area contributed by atoms with Gasteiger partial charge in [0.1, 0.15) is 0 Å². The van der Waals surface area contributed by atoms with Crippen LogP contribution < -0.4 is 10.5 Å². The summed E-state index contributed by atoms with van der Waals surface area (Å²) >= 11 is 0. The van der Waals surface area contributed by atoms with E-state index in [1.807, 2.05) is 6.07 Å². The highest BCUT2D eigenvalue weighted by Crippen LogP contribution is 2.25. The van der Waals surface area contributed by atoms with Gasteiger partial charge >= 0.3 is 0 Å². The Hall–Kier alpha value is -1.13. The monoisotopic (exact) mass is 329 g/mol. The summed E-state index contributed by atoms with van der Waals surface area (Å²) in [5, 5.41) is 8.73. The van der Waals surface area contributed by atoms with Crippen molar-refractivity contribution in [3.05, 3.63) is 29.8 Å². The summed E-state index contributed by atoms with van der Waals surface area (Å²) in [7, 11) is -3.54. The first-order chi connectivity index (χ1) is 9.56. The lowest BCUT2D eigenvalue weighted by Crippen LogP contribution is -2.44. The fraction of sp³-hybridized carbons (Fsp3) is 0.500. The standard InChI is InChI=1S/C14H19N3O2S.ClH/c15-9-11-5-7-13(8-6-11)20(18,19)17-14-4-2-1-3-12(14)10-16;/h5-8,12,14,17H,1-4,10,16H2;1H. The average molecular weight is 330 g/mol. The molecule has 1 fully saturated rings. The lowest BCUT2D eigenvalue weighted by Gasteiger charge is -2.31. The second-order valence-corrected chi connectivity index (χ2v) is 6.86. The molecule has 21 heavy (non-hydrogen) atoms. The van der Waals surface area contributed by atoms with Gasteiger partial charge < -0.3 is 5.73 Å². The number of nitrogens with zero attached hydrogens (tertiary/aromatic N) is 1. The zero-order valence-electron chi connectivity index (χ0n) is 11.7. The van der Waals surface area contributed by atoms with Gasteiger partial charge in [0.2, 0.25) is 10.0 Å². The van der Waals surface area contributed by atoms with Crippen LogP contribution in [0, 0.1) is 17.2 Å². The fourth-order valence-electron chi connectivity index (χ4n) is 2.62. The van der Waals surface area contributed by atoms with Crippen molar-refractivity contribution in [3.63, 3.8) is 0 Å². The molecule has 0 amide bonds. The number of nitriles is 1. The van der Waals surface area contributed by atoms with E-state index in [2.05, 4.69) is 4.72 Å². The molecule has 1 saturated carbocycles. The Balaban J connectivity index is 0.00000220. The topological polar surface area (TPSA) is 96.0 Å². The highest BCUT2D eigenvalue weighted by atomic mass is 35.5. The second kappa shape index (κ2) is 7.76. The van der Waals surface area contributed by atoms with Crippen molar-refractivity contribution in [3.8, 4) is 6.07 Å². The van der Waals surface area contributed by atoms with E-state index < -0.39 is 10.0 Å². The van der Waals surface area contributed by atoms with Gasteiger partial charge in [-0.05, 0) is 49.6 Å². The molecule has 0 aromatic heterocycles. The zero-order chi connectivity index (χ0) is 14.6. The van der Waals surface area contributed by atoms with E-state index in [0.29, 0.717) is 12.1 Å². The smallest absolute Gasteiger partial charge is 0.240 e. The molecule has 2 rings (SSSR count). The largest absolute Gasteiger partial charge is 0.330 e. The molecule has 2 unspecified atom stereocenters. The van der Waals surface area contributed by atoms with E-state index in [1.54, 1.807) is 0 Å². The molecular weight excluding hydrogens is 310 g/mol. The first-order valence-electron chi connectivity index (χ1n) is 6.79. The molecule has 1 aromatic carbocycles. The number of benzene rings is 1. The maximum atomic E-state index is 12.3. The van der Waals surface area contributed by atoms with Gasteiger partial charge in [-0.3, -0.25) is 0 Å². The molecule has 0 aliphatic heterocycles. The summed E-state index contributed by atoms with van der Waals surface area (Å²) < 4.78 is 27.4. The van der Waals surface area contributed by atoms with Crippen molar-refractivity contribution in [1.29, 1.82) is 5.26 Å². The quantitative estimate of drug-likeness (QED) is 0.880. The van der Waals surface area contributed by atoms with Crippen molar-refractivity contribution >= 4 is 22.4 Å². The minimum atomic E-state index is -3.54. The van der Waals surface area contributed by atoms with Gasteiger partial charge in [0, 0.05) is 6.04 Å². The normalized spacial score (nSPS) is 22.1.